The summed E-state index contributed by atoms with van der Waals surface area (Å²) in [6, 6.07) is 10.2. The summed E-state index contributed by atoms with van der Waals surface area (Å²) in [5.41, 5.74) is 1.87. The molecule has 1 aromatic heterocycles. The number of rotatable bonds is 6. The maximum Gasteiger partial charge on any atom is 0.305 e. The number of hydrogen-bond donors (Lipinski definition) is 2. The van der Waals surface area contributed by atoms with Crippen LogP contribution < -0.4 is 5.32 Å². The van der Waals surface area contributed by atoms with Gasteiger partial charge in [0.2, 0.25) is 11.8 Å². The van der Waals surface area contributed by atoms with E-state index in [0.29, 0.717) is 0 Å². The van der Waals surface area contributed by atoms with E-state index in [0.717, 1.165) is 16.0 Å². The Bertz CT molecular complexity index is 876. The van der Waals surface area contributed by atoms with E-state index in [2.05, 4.69) is 5.32 Å². The zero-order chi connectivity index (χ0) is 19.4. The smallest absolute Gasteiger partial charge is 0.305 e. The van der Waals surface area contributed by atoms with Crippen molar-refractivity contribution in [2.45, 2.75) is 31.8 Å². The molecule has 0 bridgehead atoms. The lowest BCUT2D eigenvalue weighted by molar-refractivity contribution is -0.137. The predicted molar refractivity (Wildman–Crippen MR) is 103 cm³/mol. The number of benzene rings is 1. The van der Waals surface area contributed by atoms with Gasteiger partial charge in [0, 0.05) is 18.0 Å². The molecular weight excluding hydrogens is 364 g/mol. The Hall–Kier alpha value is -2.93. The number of thiophene rings is 1. The second-order valence-corrected chi connectivity index (χ2v) is 7.30. The summed E-state index contributed by atoms with van der Waals surface area (Å²) in [7, 11) is 0. The Morgan fingerprint density at radius 1 is 1.22 bits per heavy atom. The number of carboxylic acid groups (broad SMARTS) is 1. The number of carbonyl (C=O) groups excluding carboxylic acids is 2. The molecule has 1 aromatic carbocycles. The van der Waals surface area contributed by atoms with E-state index in [1.165, 1.54) is 18.3 Å². The average Bonchev–Trinajstić information content (AvgIpc) is 3.15. The first kappa shape index (κ1) is 18.8. The highest BCUT2D eigenvalue weighted by atomic mass is 32.1. The highest BCUT2D eigenvalue weighted by Crippen LogP contribution is 2.33. The predicted octanol–water partition coefficient (Wildman–Crippen LogP) is 3.34. The summed E-state index contributed by atoms with van der Waals surface area (Å²) in [5.74, 6) is -1.43. The van der Waals surface area contributed by atoms with Crippen molar-refractivity contribution in [2.75, 3.05) is 0 Å². The Balaban J connectivity index is 1.79. The van der Waals surface area contributed by atoms with Crippen molar-refractivity contribution >= 4 is 35.2 Å². The number of aliphatic carboxylic acids is 1. The van der Waals surface area contributed by atoms with E-state index in [-0.39, 0.29) is 24.7 Å². The number of carbonyl (C=O) groups is 3. The molecule has 2 heterocycles. The van der Waals surface area contributed by atoms with Crippen molar-refractivity contribution in [3.8, 4) is 0 Å². The number of nitrogens with zero attached hydrogens (tertiary/aromatic N) is 1. The Morgan fingerprint density at radius 2 is 2.00 bits per heavy atom. The summed E-state index contributed by atoms with van der Waals surface area (Å²) in [6.45, 7) is 1.46. The third-order valence-corrected chi connectivity index (χ3v) is 5.43. The Labute approximate surface area is 161 Å². The molecule has 0 fully saturated rings. The molecule has 2 aromatic rings. The molecule has 0 radical (unpaired) electrons. The molecule has 0 saturated heterocycles. The topological polar surface area (TPSA) is 86.7 Å². The van der Waals surface area contributed by atoms with E-state index in [1.807, 2.05) is 41.8 Å². The van der Waals surface area contributed by atoms with Gasteiger partial charge in [0.15, 0.2) is 0 Å². The Morgan fingerprint density at radius 3 is 2.67 bits per heavy atom. The molecule has 7 heteroatoms. The number of hydrogen-bond acceptors (Lipinski definition) is 4. The number of fused-ring (bicyclic) bond motifs is 1. The first-order valence-electron chi connectivity index (χ1n) is 8.56. The van der Waals surface area contributed by atoms with Crippen molar-refractivity contribution in [2.24, 2.45) is 0 Å². The minimum atomic E-state index is -0.981. The molecular formula is C20H20N2O4S. The van der Waals surface area contributed by atoms with Gasteiger partial charge in [-0.05, 0) is 28.6 Å². The second-order valence-electron chi connectivity index (χ2n) is 6.32. The second kappa shape index (κ2) is 8.18. The fraction of sp³-hybridized carbons (Fsp3) is 0.250. The standard InChI is InChI=1S/C20H20N2O4S/c1-13(23)22-9-8-14-5-2-3-6-15(14)17(22)12-19(24)21-16(11-20(25)26)18-7-4-10-27-18/h2-10,16-17H,11-12H2,1H3,(H,21,24)(H,25,26)/t16-,17-/m0/s1. The quantitative estimate of drug-likeness (QED) is 0.800. The first-order chi connectivity index (χ1) is 13.0. The van der Waals surface area contributed by atoms with E-state index in [9.17, 15) is 14.4 Å². The summed E-state index contributed by atoms with van der Waals surface area (Å²) >= 11 is 1.40. The van der Waals surface area contributed by atoms with Crippen LogP contribution in [0.25, 0.3) is 6.08 Å². The third-order valence-electron chi connectivity index (χ3n) is 4.45. The molecule has 140 valence electrons. The summed E-state index contributed by atoms with van der Waals surface area (Å²) < 4.78 is 0. The maximum atomic E-state index is 12.7. The molecule has 2 N–H and O–H groups in total. The van der Waals surface area contributed by atoms with Crippen molar-refractivity contribution < 1.29 is 19.5 Å². The van der Waals surface area contributed by atoms with Crippen LogP contribution in [0.5, 0.6) is 0 Å². The molecule has 2 amide bonds. The normalized spacial score (nSPS) is 16.5. The van der Waals surface area contributed by atoms with Gasteiger partial charge in [0.1, 0.15) is 0 Å². The fourth-order valence-corrected chi connectivity index (χ4v) is 4.01. The van der Waals surface area contributed by atoms with Gasteiger partial charge in [-0.25, -0.2) is 0 Å². The van der Waals surface area contributed by atoms with Crippen molar-refractivity contribution in [1.29, 1.82) is 0 Å². The van der Waals surface area contributed by atoms with Gasteiger partial charge >= 0.3 is 5.97 Å². The molecule has 1 aliphatic rings. The SMILES string of the molecule is CC(=O)N1C=Cc2ccccc2[C@@H]1CC(=O)N[C@@H](CC(=O)O)c1cccs1. The van der Waals surface area contributed by atoms with Crippen LogP contribution in [0.2, 0.25) is 0 Å². The fourth-order valence-electron chi connectivity index (χ4n) is 3.23. The third kappa shape index (κ3) is 4.43. The zero-order valence-electron chi connectivity index (χ0n) is 14.8. The number of carboxylic acids is 1. The Kier molecular flexibility index (Phi) is 5.71. The molecule has 6 nitrogen and oxygen atoms in total. The van der Waals surface area contributed by atoms with E-state index >= 15 is 0 Å². The van der Waals surface area contributed by atoms with Crippen LogP contribution in [0.1, 0.15) is 47.9 Å². The van der Waals surface area contributed by atoms with E-state index in [1.54, 1.807) is 17.2 Å². The first-order valence-corrected chi connectivity index (χ1v) is 9.44. The monoisotopic (exact) mass is 384 g/mol. The van der Waals surface area contributed by atoms with Crippen LogP contribution in [-0.4, -0.2) is 27.8 Å². The van der Waals surface area contributed by atoms with Crippen LogP contribution >= 0.6 is 11.3 Å². The summed E-state index contributed by atoms with van der Waals surface area (Å²) in [4.78, 5) is 38.2. The molecule has 27 heavy (non-hydrogen) atoms. The van der Waals surface area contributed by atoms with Gasteiger partial charge in [-0.1, -0.05) is 30.3 Å². The molecule has 0 saturated carbocycles. The van der Waals surface area contributed by atoms with Crippen LogP contribution in [0.15, 0.2) is 48.0 Å². The van der Waals surface area contributed by atoms with Gasteiger partial charge in [-0.2, -0.15) is 0 Å². The van der Waals surface area contributed by atoms with Crippen LogP contribution in [-0.2, 0) is 14.4 Å². The van der Waals surface area contributed by atoms with Gasteiger partial charge in [0.25, 0.3) is 0 Å². The largest absolute Gasteiger partial charge is 0.481 e. The molecule has 0 spiro atoms. The lowest BCUT2D eigenvalue weighted by Gasteiger charge is -2.32. The van der Waals surface area contributed by atoms with Crippen LogP contribution in [0.3, 0.4) is 0 Å². The summed E-state index contributed by atoms with van der Waals surface area (Å²) in [5, 5.41) is 13.8. The lowest BCUT2D eigenvalue weighted by Crippen LogP contribution is -2.36. The average molecular weight is 384 g/mol. The van der Waals surface area contributed by atoms with Crippen molar-refractivity contribution in [3.05, 3.63) is 64.0 Å². The minimum absolute atomic E-state index is 0.0580. The molecule has 3 rings (SSSR count). The van der Waals surface area contributed by atoms with Gasteiger partial charge < -0.3 is 15.3 Å². The minimum Gasteiger partial charge on any atom is -0.481 e. The van der Waals surface area contributed by atoms with Crippen LogP contribution in [0.4, 0.5) is 0 Å². The molecule has 0 unspecified atom stereocenters. The molecule has 1 aliphatic heterocycles. The van der Waals surface area contributed by atoms with Gasteiger partial charge in [-0.15, -0.1) is 11.3 Å². The van der Waals surface area contributed by atoms with Crippen LogP contribution in [0, 0.1) is 0 Å². The lowest BCUT2D eigenvalue weighted by atomic mass is 9.93. The van der Waals surface area contributed by atoms with E-state index < -0.39 is 18.1 Å². The number of amides is 2. The van der Waals surface area contributed by atoms with E-state index in [4.69, 9.17) is 5.11 Å². The highest BCUT2D eigenvalue weighted by Gasteiger charge is 2.29. The molecule has 2 atom stereocenters. The van der Waals surface area contributed by atoms with Crippen molar-refractivity contribution in [1.82, 2.24) is 10.2 Å². The number of nitrogens with one attached hydrogen (secondary N) is 1. The van der Waals surface area contributed by atoms with Crippen molar-refractivity contribution in [3.63, 3.8) is 0 Å². The zero-order valence-corrected chi connectivity index (χ0v) is 15.6. The van der Waals surface area contributed by atoms with Gasteiger partial charge in [-0.3, -0.25) is 14.4 Å². The molecule has 0 aliphatic carbocycles. The summed E-state index contributed by atoms with van der Waals surface area (Å²) in [6.07, 6.45) is 3.41. The van der Waals surface area contributed by atoms with Gasteiger partial charge in [0.05, 0.1) is 24.9 Å². The maximum absolute atomic E-state index is 12.7. The highest BCUT2D eigenvalue weighted by molar-refractivity contribution is 7.10.